The maximum atomic E-state index is 12.0. The van der Waals surface area contributed by atoms with Gasteiger partial charge in [0.1, 0.15) is 0 Å². The monoisotopic (exact) mass is 249 g/mol. The van der Waals surface area contributed by atoms with Crippen LogP contribution in [0.3, 0.4) is 0 Å². The number of para-hydroxylation sites is 1. The zero-order chi connectivity index (χ0) is 13.0. The molecule has 0 aromatic heterocycles. The maximum Gasteiger partial charge on any atom is 0.180 e. The molecular formula is C14H19NO3. The van der Waals surface area contributed by atoms with Crippen LogP contribution in [0.1, 0.15) is 23.2 Å². The van der Waals surface area contributed by atoms with Crippen molar-refractivity contribution in [2.45, 2.75) is 12.8 Å². The molecule has 0 amide bonds. The normalized spacial score (nSPS) is 14.3. The highest BCUT2D eigenvalue weighted by Crippen LogP contribution is 2.35. The van der Waals surface area contributed by atoms with E-state index in [-0.39, 0.29) is 5.78 Å². The lowest BCUT2D eigenvalue weighted by molar-refractivity contribution is 0.0988. The van der Waals surface area contributed by atoms with Crippen LogP contribution in [0.15, 0.2) is 18.2 Å². The van der Waals surface area contributed by atoms with Crippen LogP contribution in [0.4, 0.5) is 0 Å². The number of ketones is 1. The van der Waals surface area contributed by atoms with Crippen molar-refractivity contribution >= 4 is 5.78 Å². The van der Waals surface area contributed by atoms with Gasteiger partial charge >= 0.3 is 0 Å². The lowest BCUT2D eigenvalue weighted by Gasteiger charge is -2.14. The van der Waals surface area contributed by atoms with Crippen LogP contribution in [-0.2, 0) is 0 Å². The number of carbonyl (C=O) groups excluding carboxylic acids is 1. The molecule has 0 radical (unpaired) electrons. The number of ether oxygens (including phenoxy) is 2. The molecule has 2 rings (SSSR count). The zero-order valence-corrected chi connectivity index (χ0v) is 10.9. The molecule has 0 atom stereocenters. The van der Waals surface area contributed by atoms with E-state index in [1.54, 1.807) is 20.2 Å². The van der Waals surface area contributed by atoms with E-state index < -0.39 is 0 Å². The largest absolute Gasteiger partial charge is 0.493 e. The van der Waals surface area contributed by atoms with Gasteiger partial charge in [0.15, 0.2) is 17.3 Å². The fourth-order valence-corrected chi connectivity index (χ4v) is 1.79. The molecular weight excluding hydrogens is 230 g/mol. The summed E-state index contributed by atoms with van der Waals surface area (Å²) in [4.78, 5) is 12.0. The summed E-state index contributed by atoms with van der Waals surface area (Å²) < 4.78 is 11.0. The Morgan fingerprint density at radius 2 is 2.22 bits per heavy atom. The summed E-state index contributed by atoms with van der Waals surface area (Å²) in [6.07, 6.45) is 2.43. The smallest absolute Gasteiger partial charge is 0.180 e. The van der Waals surface area contributed by atoms with Crippen LogP contribution in [0.25, 0.3) is 0 Å². The summed E-state index contributed by atoms with van der Waals surface area (Å²) in [5.41, 5.74) is 0.587. The summed E-state index contributed by atoms with van der Waals surface area (Å²) in [7, 11) is 3.34. The highest BCUT2D eigenvalue weighted by molar-refractivity contribution is 6.00. The fourth-order valence-electron chi connectivity index (χ4n) is 1.79. The van der Waals surface area contributed by atoms with E-state index in [4.69, 9.17) is 9.47 Å². The average molecular weight is 249 g/mol. The van der Waals surface area contributed by atoms with Crippen LogP contribution >= 0.6 is 0 Å². The minimum absolute atomic E-state index is 0.0159. The molecule has 1 aromatic carbocycles. The molecule has 1 N–H and O–H groups in total. The molecule has 1 saturated carbocycles. The van der Waals surface area contributed by atoms with Crippen LogP contribution in [0.2, 0.25) is 0 Å². The highest BCUT2D eigenvalue weighted by atomic mass is 16.5. The second kappa shape index (κ2) is 5.87. The van der Waals surface area contributed by atoms with E-state index >= 15 is 0 Å². The van der Waals surface area contributed by atoms with Crippen molar-refractivity contribution < 1.29 is 14.3 Å². The van der Waals surface area contributed by atoms with E-state index in [0.717, 1.165) is 0 Å². The van der Waals surface area contributed by atoms with Gasteiger partial charge < -0.3 is 14.8 Å². The van der Waals surface area contributed by atoms with Gasteiger partial charge in [0.2, 0.25) is 0 Å². The van der Waals surface area contributed by atoms with Gasteiger partial charge in [-0.05, 0) is 37.9 Å². The van der Waals surface area contributed by atoms with Gasteiger partial charge in [0, 0.05) is 0 Å². The molecule has 0 heterocycles. The number of benzene rings is 1. The lowest BCUT2D eigenvalue weighted by Crippen LogP contribution is -2.19. The summed E-state index contributed by atoms with van der Waals surface area (Å²) in [5, 5.41) is 2.86. The van der Waals surface area contributed by atoms with E-state index in [0.29, 0.717) is 36.1 Å². The number of carbonyl (C=O) groups is 1. The second-order valence-electron chi connectivity index (χ2n) is 4.54. The minimum atomic E-state index is 0.0159. The first-order valence-electron chi connectivity index (χ1n) is 6.24. The van der Waals surface area contributed by atoms with Gasteiger partial charge in [-0.3, -0.25) is 4.79 Å². The Morgan fingerprint density at radius 1 is 1.44 bits per heavy atom. The molecule has 0 spiro atoms. The van der Waals surface area contributed by atoms with Gasteiger partial charge in [-0.1, -0.05) is 6.07 Å². The number of rotatable bonds is 7. The Bertz CT molecular complexity index is 427. The predicted molar refractivity (Wildman–Crippen MR) is 69.5 cm³/mol. The fraction of sp³-hybridized carbons (Fsp3) is 0.500. The number of hydrogen-bond acceptors (Lipinski definition) is 4. The van der Waals surface area contributed by atoms with Crippen molar-refractivity contribution in [3.63, 3.8) is 0 Å². The van der Waals surface area contributed by atoms with Gasteiger partial charge in [-0.2, -0.15) is 0 Å². The molecule has 0 unspecified atom stereocenters. The summed E-state index contributed by atoms with van der Waals surface area (Å²) >= 11 is 0. The zero-order valence-electron chi connectivity index (χ0n) is 10.9. The number of hydrogen-bond donors (Lipinski definition) is 1. The minimum Gasteiger partial charge on any atom is -0.493 e. The Kier molecular flexibility index (Phi) is 4.20. The first kappa shape index (κ1) is 12.9. The number of likely N-dealkylation sites (N-methyl/N-ethyl adjacent to an activating group) is 1. The van der Waals surface area contributed by atoms with Crippen molar-refractivity contribution in [1.29, 1.82) is 0 Å². The first-order valence-corrected chi connectivity index (χ1v) is 6.24. The van der Waals surface area contributed by atoms with Crippen LogP contribution in [0, 0.1) is 5.92 Å². The summed E-state index contributed by atoms with van der Waals surface area (Å²) in [6.45, 7) is 0.965. The van der Waals surface area contributed by atoms with Crippen LogP contribution < -0.4 is 14.8 Å². The Balaban J connectivity index is 2.21. The molecule has 4 heteroatoms. The van der Waals surface area contributed by atoms with Gasteiger partial charge in [-0.15, -0.1) is 0 Å². The molecule has 0 bridgehead atoms. The number of methoxy groups -OCH3 is 1. The molecule has 1 aliphatic carbocycles. The third-order valence-electron chi connectivity index (χ3n) is 3.00. The third kappa shape index (κ3) is 3.01. The van der Waals surface area contributed by atoms with Gasteiger partial charge in [0.25, 0.3) is 0 Å². The molecule has 98 valence electrons. The summed E-state index contributed by atoms with van der Waals surface area (Å²) in [6, 6.07) is 5.41. The van der Waals surface area contributed by atoms with E-state index in [1.807, 2.05) is 12.1 Å². The molecule has 0 aliphatic heterocycles. The van der Waals surface area contributed by atoms with E-state index in [1.165, 1.54) is 12.8 Å². The molecule has 0 saturated heterocycles. The lowest BCUT2D eigenvalue weighted by atomic mass is 10.1. The SMILES string of the molecule is CNCC(=O)c1cccc(OC)c1OCC1CC1. The van der Waals surface area contributed by atoms with Crippen molar-refractivity contribution in [3.8, 4) is 11.5 Å². The van der Waals surface area contributed by atoms with E-state index in [2.05, 4.69) is 5.32 Å². The Hall–Kier alpha value is -1.55. The Labute approximate surface area is 107 Å². The predicted octanol–water partition coefficient (Wildman–Crippen LogP) is 1.89. The van der Waals surface area contributed by atoms with Crippen molar-refractivity contribution in [1.82, 2.24) is 5.32 Å². The highest BCUT2D eigenvalue weighted by Gasteiger charge is 2.24. The number of Topliss-reactive ketones (excluding diaryl/α,β-unsaturated/α-hetero) is 1. The van der Waals surface area contributed by atoms with Gasteiger partial charge in [-0.25, -0.2) is 0 Å². The summed E-state index contributed by atoms with van der Waals surface area (Å²) in [5.74, 6) is 1.86. The van der Waals surface area contributed by atoms with Crippen molar-refractivity contribution in [3.05, 3.63) is 23.8 Å². The van der Waals surface area contributed by atoms with Crippen molar-refractivity contribution in [2.75, 3.05) is 27.3 Å². The molecule has 18 heavy (non-hydrogen) atoms. The average Bonchev–Trinajstić information content (AvgIpc) is 3.20. The molecule has 1 aliphatic rings. The van der Waals surface area contributed by atoms with Gasteiger partial charge in [0.05, 0.1) is 25.8 Å². The number of nitrogens with one attached hydrogen (secondary N) is 1. The Morgan fingerprint density at radius 3 is 2.83 bits per heavy atom. The van der Waals surface area contributed by atoms with Crippen LogP contribution in [-0.4, -0.2) is 33.1 Å². The molecule has 4 nitrogen and oxygen atoms in total. The van der Waals surface area contributed by atoms with Crippen molar-refractivity contribution in [2.24, 2.45) is 5.92 Å². The van der Waals surface area contributed by atoms with Crippen LogP contribution in [0.5, 0.6) is 11.5 Å². The third-order valence-corrected chi connectivity index (χ3v) is 3.00. The quantitative estimate of drug-likeness (QED) is 0.750. The molecule has 1 aromatic rings. The molecule has 1 fully saturated rings. The first-order chi connectivity index (χ1) is 8.76. The standard InChI is InChI=1S/C14H19NO3/c1-15-8-12(16)11-4-3-5-13(17-2)14(11)18-9-10-6-7-10/h3-5,10,15H,6-9H2,1-2H3. The maximum absolute atomic E-state index is 12.0. The second-order valence-corrected chi connectivity index (χ2v) is 4.54. The van der Waals surface area contributed by atoms with E-state index in [9.17, 15) is 4.79 Å². The topological polar surface area (TPSA) is 47.6 Å².